The lowest BCUT2D eigenvalue weighted by Crippen LogP contribution is -2.65. The zero-order valence-corrected chi connectivity index (χ0v) is 14.5. The zero-order chi connectivity index (χ0) is 16.7. The van der Waals surface area contributed by atoms with E-state index in [-0.39, 0.29) is 24.3 Å². The first-order valence-electron chi connectivity index (χ1n) is 7.95. The normalized spacial score (nSPS) is 25.2. The lowest BCUT2D eigenvalue weighted by molar-refractivity contribution is -0.0512. The van der Waals surface area contributed by atoms with Crippen LogP contribution in [0.1, 0.15) is 54.4 Å². The molecule has 3 heterocycles. The van der Waals surface area contributed by atoms with E-state index in [9.17, 15) is 9.59 Å². The third-order valence-corrected chi connectivity index (χ3v) is 3.79. The Hall–Kier alpha value is -1.46. The Morgan fingerprint density at radius 1 is 0.773 bits per heavy atom. The molecule has 0 aromatic carbocycles. The molecule has 2 atom stereocenters. The van der Waals surface area contributed by atoms with Crippen molar-refractivity contribution in [3.05, 3.63) is 0 Å². The van der Waals surface area contributed by atoms with Crippen molar-refractivity contribution in [1.29, 1.82) is 0 Å². The Morgan fingerprint density at radius 3 is 1.32 bits per heavy atom. The molecule has 0 saturated carbocycles. The third kappa shape index (κ3) is 4.05. The van der Waals surface area contributed by atoms with Crippen molar-refractivity contribution in [3.63, 3.8) is 0 Å². The summed E-state index contributed by atoms with van der Waals surface area (Å²) in [6.45, 7) is 12.2. The van der Waals surface area contributed by atoms with Crippen molar-refractivity contribution in [3.8, 4) is 0 Å². The fourth-order valence-corrected chi connectivity index (χ4v) is 2.92. The van der Waals surface area contributed by atoms with E-state index in [0.717, 1.165) is 12.8 Å². The highest BCUT2D eigenvalue weighted by atomic mass is 16.6. The highest BCUT2D eigenvalue weighted by Gasteiger charge is 2.45. The molecule has 0 radical (unpaired) electrons. The van der Waals surface area contributed by atoms with Gasteiger partial charge in [0.25, 0.3) is 0 Å². The van der Waals surface area contributed by atoms with Gasteiger partial charge >= 0.3 is 12.2 Å². The molecule has 22 heavy (non-hydrogen) atoms. The van der Waals surface area contributed by atoms with Gasteiger partial charge in [0.2, 0.25) is 0 Å². The molecule has 3 aliphatic rings. The van der Waals surface area contributed by atoms with Crippen LogP contribution in [0, 0.1) is 0 Å². The first kappa shape index (κ1) is 16.9. The molecule has 126 valence electrons. The van der Waals surface area contributed by atoms with Gasteiger partial charge in [0.05, 0.1) is 12.1 Å². The van der Waals surface area contributed by atoms with Gasteiger partial charge in [-0.1, -0.05) is 0 Å². The maximum absolute atomic E-state index is 12.3. The average molecular weight is 312 g/mol. The molecule has 0 spiro atoms. The number of fused-ring (bicyclic) bond motifs is 3. The number of rotatable bonds is 0. The van der Waals surface area contributed by atoms with Crippen LogP contribution in [-0.2, 0) is 9.47 Å². The van der Waals surface area contributed by atoms with Gasteiger partial charge in [-0.2, -0.15) is 0 Å². The zero-order valence-electron chi connectivity index (χ0n) is 14.5. The fraction of sp³-hybridized carbons (Fsp3) is 0.875. The SMILES string of the molecule is CC(C)(C)OC(=O)N1C[C@@H]2CC[C@@H]1CN2C(=O)OC(C)(C)C. The molecule has 0 aliphatic carbocycles. The van der Waals surface area contributed by atoms with Gasteiger partial charge in [0, 0.05) is 13.1 Å². The van der Waals surface area contributed by atoms with Gasteiger partial charge < -0.3 is 19.3 Å². The van der Waals surface area contributed by atoms with E-state index in [0.29, 0.717) is 13.1 Å². The van der Waals surface area contributed by atoms with Gasteiger partial charge in [0.1, 0.15) is 11.2 Å². The topological polar surface area (TPSA) is 59.1 Å². The van der Waals surface area contributed by atoms with E-state index in [4.69, 9.17) is 9.47 Å². The molecular formula is C16H28N2O4. The summed E-state index contributed by atoms with van der Waals surface area (Å²) in [5.74, 6) is 0. The molecule has 0 N–H and O–H groups in total. The second-order valence-corrected chi connectivity index (χ2v) is 8.15. The Balaban J connectivity index is 2.00. The van der Waals surface area contributed by atoms with Crippen LogP contribution in [0.2, 0.25) is 0 Å². The molecule has 0 aromatic heterocycles. The predicted octanol–water partition coefficient (Wildman–Crippen LogP) is 3.01. The lowest BCUT2D eigenvalue weighted by atomic mass is 9.91. The molecule has 2 amide bonds. The maximum atomic E-state index is 12.3. The molecule has 0 unspecified atom stereocenters. The quantitative estimate of drug-likeness (QED) is 0.690. The molecule has 6 nitrogen and oxygen atoms in total. The lowest BCUT2D eigenvalue weighted by Gasteiger charge is -2.50. The highest BCUT2D eigenvalue weighted by molar-refractivity contribution is 5.72. The van der Waals surface area contributed by atoms with E-state index in [1.807, 2.05) is 41.5 Å². The summed E-state index contributed by atoms with van der Waals surface area (Å²) in [4.78, 5) is 28.1. The minimum atomic E-state index is -0.501. The minimum Gasteiger partial charge on any atom is -0.444 e. The first-order chi connectivity index (χ1) is 9.96. The smallest absolute Gasteiger partial charge is 0.410 e. The fourth-order valence-electron chi connectivity index (χ4n) is 2.92. The standard InChI is InChI=1S/C16H28N2O4/c1-15(2,3)21-13(19)17-9-12-8-7-11(17)10-18(12)14(20)22-16(4,5)6/h11-12H,7-10H2,1-6H3/t11-,12+. The van der Waals surface area contributed by atoms with Crippen molar-refractivity contribution in [1.82, 2.24) is 9.80 Å². The van der Waals surface area contributed by atoms with Crippen molar-refractivity contribution in [2.75, 3.05) is 13.1 Å². The van der Waals surface area contributed by atoms with Crippen molar-refractivity contribution >= 4 is 12.2 Å². The van der Waals surface area contributed by atoms with Crippen LogP contribution in [0.15, 0.2) is 0 Å². The maximum Gasteiger partial charge on any atom is 0.410 e. The van der Waals surface area contributed by atoms with Gasteiger partial charge in [0.15, 0.2) is 0 Å². The Kier molecular flexibility index (Phi) is 4.33. The summed E-state index contributed by atoms with van der Waals surface area (Å²) in [7, 11) is 0. The van der Waals surface area contributed by atoms with Crippen LogP contribution in [0.5, 0.6) is 0 Å². The second-order valence-electron chi connectivity index (χ2n) is 8.15. The van der Waals surface area contributed by atoms with E-state index in [1.165, 1.54) is 0 Å². The van der Waals surface area contributed by atoms with E-state index in [2.05, 4.69) is 0 Å². The number of amides is 2. The monoisotopic (exact) mass is 312 g/mol. The highest BCUT2D eigenvalue weighted by Crippen LogP contribution is 2.31. The Labute approximate surface area is 132 Å². The molecule has 2 bridgehead atoms. The molecule has 3 rings (SSSR count). The summed E-state index contributed by atoms with van der Waals surface area (Å²) >= 11 is 0. The number of carbonyl (C=O) groups is 2. The predicted molar refractivity (Wildman–Crippen MR) is 82.7 cm³/mol. The molecule has 6 heteroatoms. The summed E-state index contributed by atoms with van der Waals surface area (Å²) in [5.41, 5.74) is -1.00. The summed E-state index contributed by atoms with van der Waals surface area (Å²) in [6.07, 6.45) is 1.24. The van der Waals surface area contributed by atoms with Crippen LogP contribution in [0.25, 0.3) is 0 Å². The number of carbonyl (C=O) groups excluding carboxylic acids is 2. The van der Waals surface area contributed by atoms with Crippen LogP contribution in [0.4, 0.5) is 9.59 Å². The summed E-state index contributed by atoms with van der Waals surface area (Å²) in [6, 6.07) is 0.0414. The number of nitrogens with zero attached hydrogens (tertiary/aromatic N) is 2. The second kappa shape index (κ2) is 5.63. The largest absolute Gasteiger partial charge is 0.444 e. The van der Waals surface area contributed by atoms with Gasteiger partial charge in [-0.25, -0.2) is 9.59 Å². The van der Waals surface area contributed by atoms with Crippen molar-refractivity contribution < 1.29 is 19.1 Å². The summed E-state index contributed by atoms with van der Waals surface area (Å²) < 4.78 is 10.9. The van der Waals surface area contributed by atoms with Crippen LogP contribution in [0.3, 0.4) is 0 Å². The van der Waals surface area contributed by atoms with Gasteiger partial charge in [-0.3, -0.25) is 0 Å². The molecule has 3 fully saturated rings. The van der Waals surface area contributed by atoms with Gasteiger partial charge in [-0.05, 0) is 54.4 Å². The van der Waals surface area contributed by atoms with Crippen LogP contribution in [-0.4, -0.2) is 58.4 Å². The van der Waals surface area contributed by atoms with E-state index >= 15 is 0 Å². The third-order valence-electron chi connectivity index (χ3n) is 3.79. The number of piperazine rings is 1. The van der Waals surface area contributed by atoms with Crippen LogP contribution >= 0.6 is 0 Å². The molecule has 0 aromatic rings. The van der Waals surface area contributed by atoms with Crippen molar-refractivity contribution in [2.45, 2.75) is 77.7 Å². The van der Waals surface area contributed by atoms with E-state index in [1.54, 1.807) is 9.80 Å². The van der Waals surface area contributed by atoms with Gasteiger partial charge in [-0.15, -0.1) is 0 Å². The van der Waals surface area contributed by atoms with Crippen LogP contribution < -0.4 is 0 Å². The molecular weight excluding hydrogens is 284 g/mol. The van der Waals surface area contributed by atoms with Crippen molar-refractivity contribution in [2.24, 2.45) is 0 Å². The number of hydrogen-bond donors (Lipinski definition) is 0. The Bertz CT molecular complexity index is 408. The minimum absolute atomic E-state index is 0.0207. The summed E-state index contributed by atoms with van der Waals surface area (Å²) in [5, 5.41) is 0. The molecule has 3 aliphatic heterocycles. The average Bonchev–Trinajstić information content (AvgIpc) is 2.35. The number of ether oxygens (including phenoxy) is 2. The number of hydrogen-bond acceptors (Lipinski definition) is 4. The number of piperidine rings is 2. The Morgan fingerprint density at radius 2 is 1.09 bits per heavy atom. The first-order valence-corrected chi connectivity index (χ1v) is 7.95. The molecule has 3 saturated heterocycles. The van der Waals surface area contributed by atoms with E-state index < -0.39 is 11.2 Å².